The van der Waals surface area contributed by atoms with Gasteiger partial charge in [-0.05, 0) is 50.0 Å². The lowest BCUT2D eigenvalue weighted by Crippen LogP contribution is -2.60. The Balaban J connectivity index is 1.35. The van der Waals surface area contributed by atoms with Crippen LogP contribution in [-0.4, -0.2) is 42.1 Å². The normalized spacial score (nSPS) is 27.2. The van der Waals surface area contributed by atoms with Gasteiger partial charge < -0.3 is 10.1 Å². The number of fused-ring (bicyclic) bond motifs is 3. The second kappa shape index (κ2) is 9.11. The molecule has 5 rings (SSSR count). The molecule has 2 heterocycles. The molecule has 3 fully saturated rings. The molecule has 0 radical (unpaired) electrons. The lowest BCUT2D eigenvalue weighted by Gasteiger charge is -2.53. The molecule has 31 heavy (non-hydrogen) atoms. The van der Waals surface area contributed by atoms with Crippen LogP contribution in [0.1, 0.15) is 74.6 Å². The summed E-state index contributed by atoms with van der Waals surface area (Å²) in [6.07, 6.45) is 13.0. The van der Waals surface area contributed by atoms with Gasteiger partial charge in [-0.15, -0.1) is 0 Å². The van der Waals surface area contributed by atoms with E-state index in [0.29, 0.717) is 23.4 Å². The van der Waals surface area contributed by atoms with Crippen molar-refractivity contribution in [1.82, 2.24) is 10.2 Å². The van der Waals surface area contributed by atoms with Crippen molar-refractivity contribution >= 4 is 32.6 Å². The first-order valence-electron chi connectivity index (χ1n) is 12.0. The number of piperidine rings is 2. The lowest BCUT2D eigenvalue weighted by molar-refractivity contribution is -0.0212. The molecule has 2 bridgehead atoms. The van der Waals surface area contributed by atoms with Gasteiger partial charge >= 0.3 is 0 Å². The van der Waals surface area contributed by atoms with E-state index in [1.165, 1.54) is 51.4 Å². The summed E-state index contributed by atoms with van der Waals surface area (Å²) in [5, 5.41) is 5.41. The van der Waals surface area contributed by atoms with Gasteiger partial charge in [-0.2, -0.15) is 0 Å². The maximum atomic E-state index is 13.4. The number of carbonyl (C=O) groups excluding carboxylic acids is 1. The predicted octanol–water partition coefficient (Wildman–Crippen LogP) is 6.06. The number of hydrogen-bond donors (Lipinski definition) is 1. The molecule has 4 nitrogen and oxygen atoms in total. The highest BCUT2D eigenvalue weighted by Crippen LogP contribution is 2.40. The summed E-state index contributed by atoms with van der Waals surface area (Å²) in [5.41, 5.74) is 0.618. The van der Waals surface area contributed by atoms with Crippen LogP contribution in [0.5, 0.6) is 5.75 Å². The Bertz CT molecular complexity index is 942. The van der Waals surface area contributed by atoms with Crippen LogP contribution in [0.15, 0.2) is 34.8 Å². The predicted molar refractivity (Wildman–Crippen MR) is 129 cm³/mol. The second-order valence-electron chi connectivity index (χ2n) is 9.60. The van der Waals surface area contributed by atoms with Crippen molar-refractivity contribution in [2.24, 2.45) is 0 Å². The molecule has 2 aliphatic heterocycles. The first-order valence-corrected chi connectivity index (χ1v) is 12.8. The molecule has 1 N–H and O–H groups in total. The molecule has 3 aliphatic rings. The van der Waals surface area contributed by atoms with E-state index >= 15 is 0 Å². The highest BCUT2D eigenvalue weighted by molar-refractivity contribution is 9.10. The fraction of sp³-hybridized carbons (Fsp3) is 0.577. The van der Waals surface area contributed by atoms with Crippen molar-refractivity contribution in [2.45, 2.75) is 88.4 Å². The highest BCUT2D eigenvalue weighted by Gasteiger charge is 2.42. The van der Waals surface area contributed by atoms with E-state index in [2.05, 4.69) is 26.1 Å². The van der Waals surface area contributed by atoms with Crippen LogP contribution in [0, 0.1) is 0 Å². The number of carbonyl (C=O) groups is 1. The fourth-order valence-corrected chi connectivity index (χ4v) is 7.04. The molecule has 2 saturated heterocycles. The highest BCUT2D eigenvalue weighted by atomic mass is 79.9. The fourth-order valence-electron chi connectivity index (χ4n) is 6.47. The molecule has 0 aromatic heterocycles. The number of amides is 1. The summed E-state index contributed by atoms with van der Waals surface area (Å²) in [7, 11) is 1.65. The average molecular weight is 485 g/mol. The van der Waals surface area contributed by atoms with Gasteiger partial charge in [-0.3, -0.25) is 9.69 Å². The number of halogens is 1. The van der Waals surface area contributed by atoms with E-state index in [-0.39, 0.29) is 11.9 Å². The minimum Gasteiger partial charge on any atom is -0.495 e. The Kier molecular flexibility index (Phi) is 6.25. The number of nitrogens with one attached hydrogen (secondary N) is 1. The van der Waals surface area contributed by atoms with Gasteiger partial charge in [0.15, 0.2) is 0 Å². The summed E-state index contributed by atoms with van der Waals surface area (Å²) in [6, 6.07) is 12.3. The number of rotatable bonds is 4. The lowest BCUT2D eigenvalue weighted by atomic mass is 9.78. The molecule has 0 spiro atoms. The van der Waals surface area contributed by atoms with Crippen molar-refractivity contribution in [3.05, 3.63) is 40.4 Å². The van der Waals surface area contributed by atoms with Gasteiger partial charge in [-0.25, -0.2) is 0 Å². The summed E-state index contributed by atoms with van der Waals surface area (Å²) in [5.74, 6) is 0.647. The van der Waals surface area contributed by atoms with Crippen molar-refractivity contribution in [3.63, 3.8) is 0 Å². The molecule has 1 amide bonds. The average Bonchev–Trinajstić information content (AvgIpc) is 2.79. The van der Waals surface area contributed by atoms with Gasteiger partial charge in [0.2, 0.25) is 0 Å². The maximum Gasteiger partial charge on any atom is 0.255 e. The van der Waals surface area contributed by atoms with Crippen LogP contribution in [0.4, 0.5) is 0 Å². The standard InChI is InChI=1S/C26H33BrN2O2/c1-31-25-22-13-6-5-12-21(22)24(27)16-23(25)26(30)28-17-14-19-10-7-11-20(15-17)29(19)18-8-3-2-4-9-18/h5-6,12-13,16-20H,2-4,7-11,14-15H2,1H3,(H,28,30)/t17?,19-,20+. The number of nitrogens with zero attached hydrogens (tertiary/aromatic N) is 1. The molecule has 5 heteroatoms. The van der Waals surface area contributed by atoms with Gasteiger partial charge in [0.05, 0.1) is 12.7 Å². The summed E-state index contributed by atoms with van der Waals surface area (Å²) in [6.45, 7) is 0. The Morgan fingerprint density at radius 1 is 0.968 bits per heavy atom. The summed E-state index contributed by atoms with van der Waals surface area (Å²) >= 11 is 3.65. The monoisotopic (exact) mass is 484 g/mol. The Morgan fingerprint density at radius 2 is 1.61 bits per heavy atom. The summed E-state index contributed by atoms with van der Waals surface area (Å²) < 4.78 is 6.63. The van der Waals surface area contributed by atoms with Crippen LogP contribution in [0.25, 0.3) is 10.8 Å². The Hall–Kier alpha value is -1.59. The molecular weight excluding hydrogens is 452 g/mol. The number of hydrogen-bond acceptors (Lipinski definition) is 3. The molecular formula is C26H33BrN2O2. The van der Waals surface area contributed by atoms with E-state index in [1.807, 2.05) is 30.3 Å². The molecule has 3 atom stereocenters. The SMILES string of the molecule is COc1c(C(=O)NC2C[C@H]3CCC[C@@H](C2)N3C2CCCCC2)cc(Br)c2ccccc12. The van der Waals surface area contributed by atoms with Crippen LogP contribution in [0.2, 0.25) is 0 Å². The van der Waals surface area contributed by atoms with Gasteiger partial charge in [0.1, 0.15) is 5.75 Å². The third-order valence-electron chi connectivity index (χ3n) is 7.76. The van der Waals surface area contributed by atoms with E-state index in [9.17, 15) is 4.79 Å². The quantitative estimate of drug-likeness (QED) is 0.573. The maximum absolute atomic E-state index is 13.4. The van der Waals surface area contributed by atoms with Gasteiger partial charge in [0.25, 0.3) is 5.91 Å². The van der Waals surface area contributed by atoms with Crippen molar-refractivity contribution in [1.29, 1.82) is 0 Å². The first kappa shape index (κ1) is 21.3. The van der Waals surface area contributed by atoms with Crippen LogP contribution < -0.4 is 10.1 Å². The van der Waals surface area contributed by atoms with Crippen LogP contribution in [-0.2, 0) is 0 Å². The molecule has 1 saturated carbocycles. The van der Waals surface area contributed by atoms with Gasteiger partial charge in [0, 0.05) is 34.0 Å². The van der Waals surface area contributed by atoms with E-state index in [0.717, 1.165) is 34.1 Å². The van der Waals surface area contributed by atoms with E-state index < -0.39 is 0 Å². The Morgan fingerprint density at radius 3 is 2.29 bits per heavy atom. The van der Waals surface area contributed by atoms with Crippen molar-refractivity contribution in [2.75, 3.05) is 7.11 Å². The van der Waals surface area contributed by atoms with Crippen molar-refractivity contribution < 1.29 is 9.53 Å². The molecule has 2 aromatic carbocycles. The summed E-state index contributed by atoms with van der Waals surface area (Å²) in [4.78, 5) is 16.2. The third kappa shape index (κ3) is 4.11. The minimum absolute atomic E-state index is 0.0162. The van der Waals surface area contributed by atoms with Crippen LogP contribution in [0.3, 0.4) is 0 Å². The zero-order valence-corrected chi connectivity index (χ0v) is 20.0. The number of methoxy groups -OCH3 is 1. The molecule has 1 aliphatic carbocycles. The van der Waals surface area contributed by atoms with E-state index in [4.69, 9.17) is 4.74 Å². The second-order valence-corrected chi connectivity index (χ2v) is 10.5. The smallest absolute Gasteiger partial charge is 0.255 e. The van der Waals surface area contributed by atoms with Crippen LogP contribution >= 0.6 is 15.9 Å². The largest absolute Gasteiger partial charge is 0.495 e. The molecule has 2 aromatic rings. The number of ether oxygens (including phenoxy) is 1. The Labute approximate surface area is 193 Å². The zero-order chi connectivity index (χ0) is 21.4. The molecule has 166 valence electrons. The molecule has 1 unspecified atom stereocenters. The van der Waals surface area contributed by atoms with E-state index in [1.54, 1.807) is 7.11 Å². The number of benzene rings is 2. The topological polar surface area (TPSA) is 41.6 Å². The van der Waals surface area contributed by atoms with Crippen molar-refractivity contribution in [3.8, 4) is 5.75 Å². The minimum atomic E-state index is -0.0162. The zero-order valence-electron chi connectivity index (χ0n) is 18.4. The van der Waals surface area contributed by atoms with Gasteiger partial charge in [-0.1, -0.05) is 65.9 Å². The first-order chi connectivity index (χ1) is 15.2. The third-order valence-corrected chi connectivity index (χ3v) is 8.41.